The van der Waals surface area contributed by atoms with Gasteiger partial charge < -0.3 is 19.9 Å². The molecule has 1 aliphatic heterocycles. The average molecular weight is 678 g/mol. The molecule has 2 aromatic carbocycles. The maximum Gasteiger partial charge on any atom is 0.335 e. The minimum Gasteiger partial charge on any atom is -0.480 e. The summed E-state index contributed by atoms with van der Waals surface area (Å²) in [5.41, 5.74) is 3.36. The number of aromatic carboxylic acids is 1. The molecule has 14 heteroatoms. The van der Waals surface area contributed by atoms with Gasteiger partial charge in [-0.25, -0.2) is 23.2 Å². The number of benzene rings is 2. The Morgan fingerprint density at radius 3 is 2.55 bits per heavy atom. The molecule has 2 aromatic heterocycles. The predicted molar refractivity (Wildman–Crippen MR) is 181 cm³/mol. The van der Waals surface area contributed by atoms with Gasteiger partial charge in [-0.1, -0.05) is 24.8 Å². The molecule has 0 aliphatic carbocycles. The number of methoxy groups -OCH3 is 1. The Balaban J connectivity index is 1.40. The van der Waals surface area contributed by atoms with Gasteiger partial charge in [0, 0.05) is 41.5 Å². The summed E-state index contributed by atoms with van der Waals surface area (Å²) in [6.45, 7) is 12.1. The van der Waals surface area contributed by atoms with Gasteiger partial charge >= 0.3 is 5.97 Å². The first-order valence-electron chi connectivity index (χ1n) is 14.7. The number of carbonyl (C=O) groups is 2. The van der Waals surface area contributed by atoms with Crippen molar-refractivity contribution in [1.29, 1.82) is 0 Å². The monoisotopic (exact) mass is 677 g/mol. The van der Waals surface area contributed by atoms with E-state index in [0.29, 0.717) is 29.1 Å². The van der Waals surface area contributed by atoms with Gasteiger partial charge in [0.15, 0.2) is 0 Å². The van der Waals surface area contributed by atoms with Crippen LogP contribution in [0, 0.1) is 6.92 Å². The molecule has 0 spiro atoms. The molecule has 0 radical (unpaired) electrons. The molecule has 246 valence electrons. The number of thiazole rings is 1. The van der Waals surface area contributed by atoms with E-state index in [4.69, 9.17) is 9.47 Å². The summed E-state index contributed by atoms with van der Waals surface area (Å²) >= 11 is 1.43. The number of carboxylic acids is 1. The van der Waals surface area contributed by atoms with Crippen molar-refractivity contribution < 1.29 is 32.6 Å². The number of aromatic nitrogens is 2. The minimum atomic E-state index is -4.21. The summed E-state index contributed by atoms with van der Waals surface area (Å²) in [6.07, 6.45) is 3.43. The third kappa shape index (κ3) is 7.85. The minimum absolute atomic E-state index is 0.0139. The highest BCUT2D eigenvalue weighted by molar-refractivity contribution is 7.92. The smallest absolute Gasteiger partial charge is 0.335 e. The molecular formula is C33H35N5O7S2. The van der Waals surface area contributed by atoms with Crippen molar-refractivity contribution in [2.75, 3.05) is 30.2 Å². The molecule has 2 unspecified atom stereocenters. The van der Waals surface area contributed by atoms with Crippen molar-refractivity contribution in [2.24, 2.45) is 0 Å². The van der Waals surface area contributed by atoms with Crippen LogP contribution < -0.4 is 14.8 Å². The van der Waals surface area contributed by atoms with E-state index in [1.807, 2.05) is 26.8 Å². The summed E-state index contributed by atoms with van der Waals surface area (Å²) in [6, 6.07) is 10.2. The van der Waals surface area contributed by atoms with E-state index in [9.17, 15) is 23.1 Å². The summed E-state index contributed by atoms with van der Waals surface area (Å²) < 4.78 is 40.0. The molecule has 5 rings (SSSR count). The molecular weight excluding hydrogens is 643 g/mol. The standard InChI is InChI=1S/C33H35N5O7S2/c1-6-26-19(2)10-23(12-27(26)36-31(39)29-18-46-30(35-29)17-38-15-20(3)45-21(4)16-38)24-13-28(32(44-5)34-14-24)37-47(42,43)25-9-7-8-22(11-25)33(40)41/h6-14,18,20-21,37H,1,15-17H2,2-5H3,(H,36,39)(H,40,41). The fraction of sp³-hybridized carbons (Fsp3) is 0.273. The van der Waals surface area contributed by atoms with E-state index in [-0.39, 0.29) is 40.1 Å². The van der Waals surface area contributed by atoms with Gasteiger partial charge in [-0.3, -0.25) is 14.4 Å². The summed E-state index contributed by atoms with van der Waals surface area (Å²) in [5, 5.41) is 14.8. The van der Waals surface area contributed by atoms with Crippen LogP contribution in [0.25, 0.3) is 17.2 Å². The molecule has 0 saturated carbocycles. The van der Waals surface area contributed by atoms with E-state index in [2.05, 4.69) is 31.5 Å². The number of nitrogens with zero attached hydrogens (tertiary/aromatic N) is 3. The molecule has 1 saturated heterocycles. The number of nitrogens with one attached hydrogen (secondary N) is 2. The van der Waals surface area contributed by atoms with Crippen LogP contribution in [-0.4, -0.2) is 72.7 Å². The van der Waals surface area contributed by atoms with E-state index in [1.54, 1.807) is 23.6 Å². The topological polar surface area (TPSA) is 160 Å². The molecule has 1 aliphatic rings. The molecule has 2 atom stereocenters. The number of rotatable bonds is 11. The molecule has 47 heavy (non-hydrogen) atoms. The Labute approximate surface area is 277 Å². The van der Waals surface area contributed by atoms with Crippen LogP contribution in [0.15, 0.2) is 65.5 Å². The Hall–Kier alpha value is -4.63. The van der Waals surface area contributed by atoms with E-state index < -0.39 is 16.0 Å². The molecule has 1 fully saturated rings. The number of carbonyl (C=O) groups excluding carboxylic acids is 1. The van der Waals surface area contributed by atoms with Crippen molar-refractivity contribution in [1.82, 2.24) is 14.9 Å². The second-order valence-corrected chi connectivity index (χ2v) is 13.8. The number of amides is 1. The fourth-order valence-corrected chi connectivity index (χ4v) is 7.37. The number of anilines is 2. The summed E-state index contributed by atoms with van der Waals surface area (Å²) in [4.78, 5) is 35.7. The second-order valence-electron chi connectivity index (χ2n) is 11.2. The van der Waals surface area contributed by atoms with Gasteiger partial charge in [0.1, 0.15) is 16.4 Å². The van der Waals surface area contributed by atoms with Crippen LogP contribution in [0.3, 0.4) is 0 Å². The van der Waals surface area contributed by atoms with Crippen molar-refractivity contribution in [2.45, 2.75) is 44.4 Å². The summed E-state index contributed by atoms with van der Waals surface area (Å²) in [5.74, 6) is -1.61. The van der Waals surface area contributed by atoms with Crippen molar-refractivity contribution in [3.63, 3.8) is 0 Å². The van der Waals surface area contributed by atoms with Crippen molar-refractivity contribution in [3.8, 4) is 17.0 Å². The number of aryl methyl sites for hydroxylation is 1. The fourth-order valence-electron chi connectivity index (χ4n) is 5.46. The van der Waals surface area contributed by atoms with Gasteiger partial charge in [0.25, 0.3) is 15.9 Å². The number of morpholine rings is 1. The maximum absolute atomic E-state index is 13.4. The Morgan fingerprint density at radius 1 is 1.15 bits per heavy atom. The van der Waals surface area contributed by atoms with E-state index in [0.717, 1.165) is 35.3 Å². The zero-order valence-electron chi connectivity index (χ0n) is 26.3. The van der Waals surface area contributed by atoms with Gasteiger partial charge in [0.05, 0.1) is 36.3 Å². The van der Waals surface area contributed by atoms with Crippen LogP contribution in [0.5, 0.6) is 5.88 Å². The van der Waals surface area contributed by atoms with Crippen LogP contribution in [0.2, 0.25) is 0 Å². The quantitative estimate of drug-likeness (QED) is 0.184. The number of hydrogen-bond acceptors (Lipinski definition) is 10. The molecule has 4 aromatic rings. The Kier molecular flexibility index (Phi) is 10.1. The van der Waals surface area contributed by atoms with Crippen LogP contribution in [0.4, 0.5) is 11.4 Å². The maximum atomic E-state index is 13.4. The molecule has 0 bridgehead atoms. The highest BCUT2D eigenvalue weighted by atomic mass is 32.2. The zero-order chi connectivity index (χ0) is 33.9. The van der Waals surface area contributed by atoms with Gasteiger partial charge in [-0.2, -0.15) is 0 Å². The number of sulfonamides is 1. The second kappa shape index (κ2) is 14.0. The van der Waals surface area contributed by atoms with Crippen LogP contribution in [0.1, 0.15) is 50.8 Å². The van der Waals surface area contributed by atoms with Crippen molar-refractivity contribution in [3.05, 3.63) is 88.0 Å². The third-order valence-electron chi connectivity index (χ3n) is 7.49. The zero-order valence-corrected chi connectivity index (χ0v) is 27.9. The van der Waals surface area contributed by atoms with Gasteiger partial charge in [0.2, 0.25) is 5.88 Å². The lowest BCUT2D eigenvalue weighted by atomic mass is 9.98. The highest BCUT2D eigenvalue weighted by Crippen LogP contribution is 2.34. The van der Waals surface area contributed by atoms with E-state index >= 15 is 0 Å². The number of carboxylic acid groups (broad SMARTS) is 1. The number of hydrogen-bond donors (Lipinski definition) is 3. The Morgan fingerprint density at radius 2 is 1.87 bits per heavy atom. The normalized spacial score (nSPS) is 16.8. The number of pyridine rings is 1. The predicted octanol–water partition coefficient (Wildman–Crippen LogP) is 5.53. The lowest BCUT2D eigenvalue weighted by Crippen LogP contribution is -2.44. The molecule has 12 nitrogen and oxygen atoms in total. The SMILES string of the molecule is C=Cc1c(C)cc(-c2cnc(OC)c(NS(=O)(=O)c3cccc(C(=O)O)c3)c2)cc1NC(=O)c1csc(CN2CC(C)OC(C)C2)n1. The van der Waals surface area contributed by atoms with Crippen molar-refractivity contribution >= 4 is 50.7 Å². The Bertz CT molecular complexity index is 1930. The lowest BCUT2D eigenvalue weighted by Gasteiger charge is -2.34. The molecule has 1 amide bonds. The first kappa shape index (κ1) is 33.7. The average Bonchev–Trinajstić information content (AvgIpc) is 3.49. The first-order valence-corrected chi connectivity index (χ1v) is 17.0. The van der Waals surface area contributed by atoms with Crippen LogP contribution in [-0.2, 0) is 21.3 Å². The third-order valence-corrected chi connectivity index (χ3v) is 9.69. The molecule has 3 N–H and O–H groups in total. The van der Waals surface area contributed by atoms with Gasteiger partial charge in [-0.05, 0) is 62.2 Å². The van der Waals surface area contributed by atoms with Gasteiger partial charge in [-0.15, -0.1) is 11.3 Å². The van der Waals surface area contributed by atoms with E-state index in [1.165, 1.54) is 42.8 Å². The highest BCUT2D eigenvalue weighted by Gasteiger charge is 2.24. The number of ether oxygens (including phenoxy) is 2. The first-order chi connectivity index (χ1) is 22.4. The largest absolute Gasteiger partial charge is 0.480 e. The summed E-state index contributed by atoms with van der Waals surface area (Å²) in [7, 11) is -2.85. The molecule has 3 heterocycles. The lowest BCUT2D eigenvalue weighted by molar-refractivity contribution is -0.0705. The van der Waals surface area contributed by atoms with Crippen LogP contribution >= 0.6 is 11.3 Å².